The Balaban J connectivity index is 3.32. The van der Waals surface area contributed by atoms with E-state index >= 15 is 0 Å². The monoisotopic (exact) mass is 390 g/mol. The molecule has 0 saturated heterocycles. The zero-order valence-corrected chi connectivity index (χ0v) is 17.0. The summed E-state index contributed by atoms with van der Waals surface area (Å²) in [5, 5.41) is 36.4. The highest BCUT2D eigenvalue weighted by Crippen LogP contribution is 2.14. The average Bonchev–Trinajstić information content (AvgIpc) is 2.67. The molecule has 0 amide bonds. The molecule has 0 radical (unpaired) electrons. The van der Waals surface area contributed by atoms with Crippen LogP contribution in [0.5, 0.6) is 0 Å². The van der Waals surface area contributed by atoms with Crippen LogP contribution in [0.25, 0.3) is 0 Å². The minimum Gasteiger partial charge on any atom is -0.457 e. The van der Waals surface area contributed by atoms with Crippen molar-refractivity contribution in [2.75, 3.05) is 19.8 Å². The molecule has 0 aliphatic carbocycles. The third-order valence-electron chi connectivity index (χ3n) is 4.82. The summed E-state index contributed by atoms with van der Waals surface area (Å²) in [5.74, 6) is -0.361. The Morgan fingerprint density at radius 1 is 0.667 bits per heavy atom. The highest BCUT2D eigenvalue weighted by Gasteiger charge is 2.11. The third-order valence-corrected chi connectivity index (χ3v) is 4.82. The second-order valence-corrected chi connectivity index (χ2v) is 7.42. The van der Waals surface area contributed by atoms with Crippen LogP contribution in [0.3, 0.4) is 0 Å². The lowest BCUT2D eigenvalue weighted by Gasteiger charge is -2.12. The molecule has 0 aromatic rings. The van der Waals surface area contributed by atoms with Gasteiger partial charge in [0.1, 0.15) is 6.10 Å². The lowest BCUT2D eigenvalue weighted by molar-refractivity contribution is -0.153. The molecule has 0 fully saturated rings. The van der Waals surface area contributed by atoms with E-state index in [4.69, 9.17) is 20.1 Å². The Labute approximate surface area is 164 Å². The number of esters is 1. The maximum absolute atomic E-state index is 11.5. The van der Waals surface area contributed by atoms with Gasteiger partial charge in [-0.05, 0) is 25.7 Å². The zero-order valence-electron chi connectivity index (χ0n) is 17.0. The predicted octanol–water partition coefficient (Wildman–Crippen LogP) is 3.09. The minimum atomic E-state index is -0.796. The van der Waals surface area contributed by atoms with Crippen LogP contribution in [0.15, 0.2) is 0 Å². The summed E-state index contributed by atoms with van der Waals surface area (Å²) in [6.07, 6.45) is 13.8. The van der Waals surface area contributed by atoms with Gasteiger partial charge in [0.25, 0.3) is 0 Å². The van der Waals surface area contributed by atoms with Crippen LogP contribution in [0.2, 0.25) is 0 Å². The summed E-state index contributed by atoms with van der Waals surface area (Å²) < 4.78 is 4.91. The van der Waals surface area contributed by atoms with Gasteiger partial charge in [0, 0.05) is 13.0 Å². The summed E-state index contributed by atoms with van der Waals surface area (Å²) in [4.78, 5) is 11.5. The van der Waals surface area contributed by atoms with Gasteiger partial charge in [-0.25, -0.2) is 0 Å². The molecule has 0 aromatic carbocycles. The molecule has 0 saturated carbocycles. The van der Waals surface area contributed by atoms with E-state index in [1.165, 1.54) is 19.3 Å². The summed E-state index contributed by atoms with van der Waals surface area (Å²) in [6, 6.07) is 0. The molecule has 4 N–H and O–H groups in total. The molecule has 0 bridgehead atoms. The predicted molar refractivity (Wildman–Crippen MR) is 106 cm³/mol. The van der Waals surface area contributed by atoms with Crippen molar-refractivity contribution >= 4 is 5.97 Å². The fourth-order valence-electron chi connectivity index (χ4n) is 3.08. The van der Waals surface area contributed by atoms with Crippen molar-refractivity contribution < 1.29 is 30.0 Å². The van der Waals surface area contributed by atoms with Crippen LogP contribution in [0.4, 0.5) is 0 Å². The van der Waals surface area contributed by atoms with E-state index in [1.807, 2.05) is 0 Å². The standard InChI is InChI=1S/C21H42O6/c22-16-12-8-4-3-6-10-14-19(25)13-9-5-1-2-7-11-15-21(26)27-20(17-23)18-24/h19-20,22-25H,1-18H2. The first kappa shape index (κ1) is 26.3. The summed E-state index contributed by atoms with van der Waals surface area (Å²) >= 11 is 0. The van der Waals surface area contributed by atoms with Gasteiger partial charge in [0.15, 0.2) is 0 Å². The summed E-state index contributed by atoms with van der Waals surface area (Å²) in [6.45, 7) is -0.404. The number of unbranched alkanes of at least 4 members (excludes halogenated alkanes) is 10. The van der Waals surface area contributed by atoms with Gasteiger partial charge in [-0.3, -0.25) is 4.79 Å². The first-order valence-electron chi connectivity index (χ1n) is 10.8. The van der Waals surface area contributed by atoms with Crippen LogP contribution in [0, 0.1) is 0 Å². The molecule has 0 heterocycles. The van der Waals surface area contributed by atoms with Crippen molar-refractivity contribution in [2.45, 2.75) is 109 Å². The summed E-state index contributed by atoms with van der Waals surface area (Å²) in [7, 11) is 0. The van der Waals surface area contributed by atoms with Gasteiger partial charge in [-0.1, -0.05) is 64.2 Å². The highest BCUT2D eigenvalue weighted by atomic mass is 16.6. The van der Waals surface area contributed by atoms with Crippen molar-refractivity contribution in [1.29, 1.82) is 0 Å². The van der Waals surface area contributed by atoms with Crippen molar-refractivity contribution in [3.05, 3.63) is 0 Å². The molecule has 1 atom stereocenters. The van der Waals surface area contributed by atoms with E-state index in [0.717, 1.165) is 70.6 Å². The second-order valence-electron chi connectivity index (χ2n) is 7.42. The summed E-state index contributed by atoms with van der Waals surface area (Å²) in [5.41, 5.74) is 0. The van der Waals surface area contributed by atoms with E-state index in [2.05, 4.69) is 0 Å². The van der Waals surface area contributed by atoms with Crippen LogP contribution in [0.1, 0.15) is 96.3 Å². The molecule has 0 aliphatic heterocycles. The number of rotatable bonds is 20. The Morgan fingerprint density at radius 2 is 1.11 bits per heavy atom. The fraction of sp³-hybridized carbons (Fsp3) is 0.952. The van der Waals surface area contributed by atoms with Gasteiger partial charge in [0.2, 0.25) is 0 Å². The van der Waals surface area contributed by atoms with E-state index < -0.39 is 6.10 Å². The van der Waals surface area contributed by atoms with Crippen molar-refractivity contribution in [3.63, 3.8) is 0 Å². The Kier molecular flexibility index (Phi) is 19.5. The van der Waals surface area contributed by atoms with Gasteiger partial charge >= 0.3 is 5.97 Å². The second kappa shape index (κ2) is 20.1. The highest BCUT2D eigenvalue weighted by molar-refractivity contribution is 5.69. The molecule has 0 spiro atoms. The van der Waals surface area contributed by atoms with E-state index in [9.17, 15) is 9.90 Å². The number of aliphatic hydroxyl groups excluding tert-OH is 4. The Bertz CT molecular complexity index is 320. The Morgan fingerprint density at radius 3 is 1.59 bits per heavy atom. The normalized spacial score (nSPS) is 12.5. The average molecular weight is 391 g/mol. The maximum atomic E-state index is 11.5. The minimum absolute atomic E-state index is 0.178. The van der Waals surface area contributed by atoms with Gasteiger partial charge in [0.05, 0.1) is 19.3 Å². The van der Waals surface area contributed by atoms with Crippen molar-refractivity contribution in [3.8, 4) is 0 Å². The van der Waals surface area contributed by atoms with Gasteiger partial charge in [-0.2, -0.15) is 0 Å². The third kappa shape index (κ3) is 18.4. The molecule has 1 unspecified atom stereocenters. The van der Waals surface area contributed by atoms with Crippen LogP contribution >= 0.6 is 0 Å². The quantitative estimate of drug-likeness (QED) is 0.188. The molecule has 0 rings (SSSR count). The molecular formula is C21H42O6. The number of carbonyl (C=O) groups is 1. The SMILES string of the molecule is O=C(CCCCCCCCC(O)CCCCCCCCO)OC(CO)CO. The number of aliphatic hydroxyl groups is 4. The van der Waals surface area contributed by atoms with E-state index in [1.54, 1.807) is 0 Å². The maximum Gasteiger partial charge on any atom is 0.306 e. The Hall–Kier alpha value is -0.690. The molecule has 0 aromatic heterocycles. The number of hydrogen-bond acceptors (Lipinski definition) is 6. The van der Waals surface area contributed by atoms with Gasteiger partial charge in [-0.15, -0.1) is 0 Å². The van der Waals surface area contributed by atoms with Crippen LogP contribution in [-0.4, -0.2) is 58.4 Å². The van der Waals surface area contributed by atoms with Gasteiger partial charge < -0.3 is 25.2 Å². The topological polar surface area (TPSA) is 107 Å². The first-order valence-corrected chi connectivity index (χ1v) is 10.8. The van der Waals surface area contributed by atoms with Crippen LogP contribution < -0.4 is 0 Å². The molecular weight excluding hydrogens is 348 g/mol. The lowest BCUT2D eigenvalue weighted by Crippen LogP contribution is -2.25. The van der Waals surface area contributed by atoms with E-state index in [-0.39, 0.29) is 25.3 Å². The van der Waals surface area contributed by atoms with Crippen molar-refractivity contribution in [1.82, 2.24) is 0 Å². The molecule has 0 aliphatic rings. The largest absolute Gasteiger partial charge is 0.457 e. The zero-order chi connectivity index (χ0) is 20.2. The molecule has 162 valence electrons. The molecule has 6 heteroatoms. The molecule has 6 nitrogen and oxygen atoms in total. The van der Waals surface area contributed by atoms with E-state index in [0.29, 0.717) is 13.0 Å². The van der Waals surface area contributed by atoms with Crippen LogP contribution in [-0.2, 0) is 9.53 Å². The molecule has 27 heavy (non-hydrogen) atoms. The number of ether oxygens (including phenoxy) is 1. The fourth-order valence-corrected chi connectivity index (χ4v) is 3.08. The first-order chi connectivity index (χ1) is 13.1. The smallest absolute Gasteiger partial charge is 0.306 e. The lowest BCUT2D eigenvalue weighted by atomic mass is 10.0. The number of hydrogen-bond donors (Lipinski definition) is 4. The number of carbonyl (C=O) groups excluding carboxylic acids is 1. The van der Waals surface area contributed by atoms with Crippen molar-refractivity contribution in [2.24, 2.45) is 0 Å².